The van der Waals surface area contributed by atoms with Crippen LogP contribution in [0.4, 0.5) is 0 Å². The fraction of sp³-hybridized carbons (Fsp3) is 0.429. The highest BCUT2D eigenvalue weighted by molar-refractivity contribution is 5.99. The van der Waals surface area contributed by atoms with Gasteiger partial charge in [-0.05, 0) is 60.7 Å². The number of nitrogens with two attached hydrogens (primary N) is 1. The quantitative estimate of drug-likeness (QED) is 0.729. The molecule has 2 aromatic carbocycles. The smallest absolute Gasteiger partial charge is 0.251 e. The first-order chi connectivity index (χ1) is 13.1. The van der Waals surface area contributed by atoms with Gasteiger partial charge in [0.2, 0.25) is 5.91 Å². The first-order valence-electron chi connectivity index (χ1n) is 9.47. The molecule has 2 amide bonds. The van der Waals surface area contributed by atoms with E-state index in [1.54, 1.807) is 7.11 Å². The van der Waals surface area contributed by atoms with Crippen LogP contribution in [0.3, 0.4) is 0 Å². The summed E-state index contributed by atoms with van der Waals surface area (Å²) >= 11 is 0. The van der Waals surface area contributed by atoms with Crippen LogP contribution in [-0.4, -0.2) is 37.6 Å². The zero-order chi connectivity index (χ0) is 19.2. The molecule has 1 aliphatic rings. The van der Waals surface area contributed by atoms with E-state index in [1.807, 2.05) is 36.4 Å². The van der Waals surface area contributed by atoms with Gasteiger partial charge in [0.15, 0.2) is 0 Å². The van der Waals surface area contributed by atoms with Gasteiger partial charge in [-0.25, -0.2) is 0 Å². The van der Waals surface area contributed by atoms with E-state index < -0.39 is 0 Å². The summed E-state index contributed by atoms with van der Waals surface area (Å²) in [4.78, 5) is 24.2. The largest absolute Gasteiger partial charge is 0.497 e. The Balaban J connectivity index is 1.55. The Hall–Kier alpha value is -2.60. The lowest BCUT2D eigenvalue weighted by atomic mass is 9.90. The van der Waals surface area contributed by atoms with Gasteiger partial charge in [-0.1, -0.05) is 12.1 Å². The summed E-state index contributed by atoms with van der Waals surface area (Å²) < 4.78 is 5.23. The van der Waals surface area contributed by atoms with Crippen LogP contribution in [0.25, 0.3) is 10.8 Å². The number of methoxy groups -OCH3 is 1. The molecule has 0 radical (unpaired) electrons. The van der Waals surface area contributed by atoms with E-state index in [0.717, 1.165) is 42.2 Å². The molecule has 6 heteroatoms. The summed E-state index contributed by atoms with van der Waals surface area (Å²) in [6, 6.07) is 11.8. The first-order valence-corrected chi connectivity index (χ1v) is 9.47. The number of hydrogen-bond donors (Lipinski definition) is 3. The molecule has 4 N–H and O–H groups in total. The maximum absolute atomic E-state index is 12.6. The molecule has 1 fully saturated rings. The highest BCUT2D eigenvalue weighted by Crippen LogP contribution is 2.23. The van der Waals surface area contributed by atoms with E-state index in [-0.39, 0.29) is 23.9 Å². The van der Waals surface area contributed by atoms with Crippen molar-refractivity contribution in [3.05, 3.63) is 42.0 Å². The summed E-state index contributed by atoms with van der Waals surface area (Å²) in [6.45, 7) is 0.371. The minimum Gasteiger partial charge on any atom is -0.497 e. The minimum atomic E-state index is -0.0525. The van der Waals surface area contributed by atoms with Gasteiger partial charge in [-0.15, -0.1) is 0 Å². The average Bonchev–Trinajstić information content (AvgIpc) is 2.68. The monoisotopic (exact) mass is 369 g/mol. The Morgan fingerprint density at radius 2 is 1.63 bits per heavy atom. The number of carbonyl (C=O) groups is 2. The fourth-order valence-electron chi connectivity index (χ4n) is 3.57. The van der Waals surface area contributed by atoms with Crippen molar-refractivity contribution < 1.29 is 14.3 Å². The zero-order valence-corrected chi connectivity index (χ0v) is 15.7. The Kier molecular flexibility index (Phi) is 6.29. The molecule has 0 unspecified atom stereocenters. The molecule has 0 aromatic heterocycles. The number of carbonyl (C=O) groups excluding carboxylic acids is 2. The van der Waals surface area contributed by atoms with E-state index in [0.29, 0.717) is 18.5 Å². The number of nitrogens with one attached hydrogen (secondary N) is 2. The van der Waals surface area contributed by atoms with Crippen LogP contribution in [0.2, 0.25) is 0 Å². The molecule has 0 heterocycles. The number of hydrogen-bond acceptors (Lipinski definition) is 4. The van der Waals surface area contributed by atoms with Gasteiger partial charge < -0.3 is 21.1 Å². The number of amides is 2. The van der Waals surface area contributed by atoms with Crippen molar-refractivity contribution in [3.8, 4) is 5.75 Å². The Bertz CT molecular complexity index is 813. The zero-order valence-electron chi connectivity index (χ0n) is 15.7. The average molecular weight is 369 g/mol. The SMILES string of the molecule is COc1ccc2cc(C(=O)N[C@H]3CC[C@H](NC(=O)CCN)CC3)ccc2c1. The second-order valence-electron chi connectivity index (χ2n) is 7.06. The van der Waals surface area contributed by atoms with Gasteiger partial charge in [0.25, 0.3) is 5.91 Å². The highest BCUT2D eigenvalue weighted by atomic mass is 16.5. The van der Waals surface area contributed by atoms with Crippen LogP contribution < -0.4 is 21.1 Å². The second-order valence-corrected chi connectivity index (χ2v) is 7.06. The molecule has 0 saturated heterocycles. The summed E-state index contributed by atoms with van der Waals surface area (Å²) in [7, 11) is 1.64. The van der Waals surface area contributed by atoms with Crippen molar-refractivity contribution in [3.63, 3.8) is 0 Å². The molecule has 0 spiro atoms. The number of ether oxygens (including phenoxy) is 1. The molecule has 1 saturated carbocycles. The van der Waals surface area contributed by atoms with E-state index in [2.05, 4.69) is 10.6 Å². The van der Waals surface area contributed by atoms with Crippen LogP contribution >= 0.6 is 0 Å². The molecule has 0 aliphatic heterocycles. The maximum Gasteiger partial charge on any atom is 0.251 e. The normalized spacial score (nSPS) is 19.5. The standard InChI is InChI=1S/C21H27N3O3/c1-27-19-9-4-14-12-16(3-2-15(14)13-19)21(26)24-18-7-5-17(6-8-18)23-20(25)10-11-22/h2-4,9,12-13,17-18H,5-8,10-11,22H2,1H3,(H,23,25)(H,24,26)/t17-,18-. The summed E-state index contributed by atoms with van der Waals surface area (Å²) in [5.74, 6) is 0.760. The lowest BCUT2D eigenvalue weighted by molar-refractivity contribution is -0.121. The van der Waals surface area contributed by atoms with Crippen molar-refractivity contribution >= 4 is 22.6 Å². The van der Waals surface area contributed by atoms with Crippen LogP contribution in [0, 0.1) is 0 Å². The van der Waals surface area contributed by atoms with E-state index in [4.69, 9.17) is 10.5 Å². The predicted molar refractivity (Wildman–Crippen MR) is 106 cm³/mol. The van der Waals surface area contributed by atoms with Gasteiger partial charge in [-0.2, -0.15) is 0 Å². The molecule has 0 bridgehead atoms. The van der Waals surface area contributed by atoms with Gasteiger partial charge in [0.05, 0.1) is 7.11 Å². The summed E-state index contributed by atoms with van der Waals surface area (Å²) in [5.41, 5.74) is 6.06. The minimum absolute atomic E-state index is 0.0118. The third kappa shape index (κ3) is 4.98. The molecule has 2 aromatic rings. The lowest BCUT2D eigenvalue weighted by Gasteiger charge is -2.29. The Morgan fingerprint density at radius 1 is 1.00 bits per heavy atom. The van der Waals surface area contributed by atoms with E-state index >= 15 is 0 Å². The molecule has 0 atom stereocenters. The van der Waals surface area contributed by atoms with Crippen molar-refractivity contribution in [2.45, 2.75) is 44.2 Å². The maximum atomic E-state index is 12.6. The predicted octanol–water partition coefficient (Wildman–Crippen LogP) is 2.35. The van der Waals surface area contributed by atoms with Crippen molar-refractivity contribution in [2.24, 2.45) is 5.73 Å². The topological polar surface area (TPSA) is 93.5 Å². The van der Waals surface area contributed by atoms with Crippen LogP contribution in [0.1, 0.15) is 42.5 Å². The van der Waals surface area contributed by atoms with Gasteiger partial charge in [0, 0.05) is 30.6 Å². The van der Waals surface area contributed by atoms with Gasteiger partial charge in [0.1, 0.15) is 5.75 Å². The van der Waals surface area contributed by atoms with Crippen molar-refractivity contribution in [2.75, 3.05) is 13.7 Å². The molecular formula is C21H27N3O3. The Labute approximate surface area is 159 Å². The highest BCUT2D eigenvalue weighted by Gasteiger charge is 2.23. The molecule has 1 aliphatic carbocycles. The third-order valence-corrected chi connectivity index (χ3v) is 5.11. The van der Waals surface area contributed by atoms with Crippen LogP contribution in [-0.2, 0) is 4.79 Å². The lowest BCUT2D eigenvalue weighted by Crippen LogP contribution is -2.44. The first kappa shape index (κ1) is 19.2. The van der Waals surface area contributed by atoms with Crippen LogP contribution in [0.5, 0.6) is 5.75 Å². The van der Waals surface area contributed by atoms with E-state index in [9.17, 15) is 9.59 Å². The van der Waals surface area contributed by atoms with E-state index in [1.165, 1.54) is 0 Å². The van der Waals surface area contributed by atoms with Crippen molar-refractivity contribution in [1.82, 2.24) is 10.6 Å². The second kappa shape index (κ2) is 8.86. The van der Waals surface area contributed by atoms with Gasteiger partial charge >= 0.3 is 0 Å². The number of fused-ring (bicyclic) bond motifs is 1. The summed E-state index contributed by atoms with van der Waals surface area (Å²) in [6.07, 6.45) is 3.84. The third-order valence-electron chi connectivity index (χ3n) is 5.11. The molecule has 6 nitrogen and oxygen atoms in total. The molecule has 144 valence electrons. The number of benzene rings is 2. The van der Waals surface area contributed by atoms with Crippen molar-refractivity contribution in [1.29, 1.82) is 0 Å². The summed E-state index contributed by atoms with van der Waals surface area (Å²) in [5, 5.41) is 8.19. The van der Waals surface area contributed by atoms with Crippen LogP contribution in [0.15, 0.2) is 36.4 Å². The molecule has 27 heavy (non-hydrogen) atoms. The number of rotatable bonds is 6. The fourth-order valence-corrected chi connectivity index (χ4v) is 3.57. The molecular weight excluding hydrogens is 342 g/mol. The molecule has 3 rings (SSSR count). The van der Waals surface area contributed by atoms with Gasteiger partial charge in [-0.3, -0.25) is 9.59 Å². The Morgan fingerprint density at radius 3 is 2.30 bits per heavy atom.